The summed E-state index contributed by atoms with van der Waals surface area (Å²) in [5.74, 6) is -0.385. The van der Waals surface area contributed by atoms with Gasteiger partial charge in [0.1, 0.15) is 0 Å². The minimum Gasteiger partial charge on any atom is -0.381 e. The molecule has 1 aromatic carbocycles. The molecule has 1 aromatic rings. The van der Waals surface area contributed by atoms with Gasteiger partial charge in [0.15, 0.2) is 0 Å². The predicted octanol–water partition coefficient (Wildman–Crippen LogP) is 5.69. The van der Waals surface area contributed by atoms with E-state index in [1.54, 1.807) is 0 Å². The van der Waals surface area contributed by atoms with Crippen LogP contribution in [0.3, 0.4) is 0 Å². The van der Waals surface area contributed by atoms with E-state index in [2.05, 4.69) is 17.6 Å². The van der Waals surface area contributed by atoms with E-state index in [1.165, 1.54) is 0 Å². The molecule has 2 aliphatic rings. The average Bonchev–Trinajstić information content (AvgIpc) is 3.15. The highest BCUT2D eigenvalue weighted by molar-refractivity contribution is 5.83. The van der Waals surface area contributed by atoms with Crippen LogP contribution in [0.2, 0.25) is 0 Å². The third-order valence-corrected chi connectivity index (χ3v) is 7.36. The van der Waals surface area contributed by atoms with Crippen LogP contribution in [-0.2, 0) is 28.4 Å². The quantitative estimate of drug-likeness (QED) is 0.500. The largest absolute Gasteiger partial charge is 0.416 e. The molecule has 2 atom stereocenters. The van der Waals surface area contributed by atoms with E-state index in [4.69, 9.17) is 4.74 Å². The lowest BCUT2D eigenvalue weighted by Gasteiger charge is -2.38. The first-order valence-electron chi connectivity index (χ1n) is 11.6. The Kier molecular flexibility index (Phi) is 7.63. The molecular formula is C24H32F6N2O2. The van der Waals surface area contributed by atoms with E-state index in [1.807, 2.05) is 13.8 Å². The summed E-state index contributed by atoms with van der Waals surface area (Å²) in [6, 6.07) is 1.50. The number of benzene rings is 1. The maximum atomic E-state index is 13.3. The molecule has 2 N–H and O–H groups in total. The Morgan fingerprint density at radius 3 is 2.09 bits per heavy atom. The van der Waals surface area contributed by atoms with E-state index >= 15 is 0 Å². The van der Waals surface area contributed by atoms with Crippen LogP contribution in [0.4, 0.5) is 26.3 Å². The molecule has 1 saturated carbocycles. The molecule has 0 spiro atoms. The Morgan fingerprint density at radius 2 is 1.59 bits per heavy atom. The van der Waals surface area contributed by atoms with Gasteiger partial charge in [-0.2, -0.15) is 26.3 Å². The fourth-order valence-electron chi connectivity index (χ4n) is 5.13. The van der Waals surface area contributed by atoms with Gasteiger partial charge in [-0.25, -0.2) is 0 Å². The lowest BCUT2D eigenvalue weighted by Crippen LogP contribution is -2.51. The SMILES string of the molecule is CC(C)C1(C(=O)NCc2cc(C(F)(F)F)cc(C(F)(F)F)c2)CCC(NC2(C)CCOCC2)C1. The molecule has 2 fully saturated rings. The molecule has 1 heterocycles. The van der Waals surface area contributed by atoms with Gasteiger partial charge < -0.3 is 15.4 Å². The van der Waals surface area contributed by atoms with Gasteiger partial charge in [0.2, 0.25) is 5.91 Å². The van der Waals surface area contributed by atoms with Crippen molar-refractivity contribution >= 4 is 5.91 Å². The van der Waals surface area contributed by atoms with Crippen LogP contribution < -0.4 is 10.6 Å². The normalized spacial score (nSPS) is 25.5. The maximum absolute atomic E-state index is 13.3. The molecule has 1 amide bonds. The molecular weight excluding hydrogens is 462 g/mol. The van der Waals surface area contributed by atoms with Gasteiger partial charge in [0, 0.05) is 31.3 Å². The van der Waals surface area contributed by atoms with Gasteiger partial charge in [0.05, 0.1) is 16.5 Å². The third-order valence-electron chi connectivity index (χ3n) is 7.36. The summed E-state index contributed by atoms with van der Waals surface area (Å²) in [6.45, 7) is 6.91. The van der Waals surface area contributed by atoms with Gasteiger partial charge >= 0.3 is 12.4 Å². The number of carbonyl (C=O) groups excluding carboxylic acids is 1. The van der Waals surface area contributed by atoms with Gasteiger partial charge in [-0.05, 0) is 68.7 Å². The zero-order valence-corrected chi connectivity index (χ0v) is 19.6. The summed E-state index contributed by atoms with van der Waals surface area (Å²) >= 11 is 0. The van der Waals surface area contributed by atoms with Crippen LogP contribution in [0, 0.1) is 11.3 Å². The Labute approximate surface area is 195 Å². The number of nitrogens with one attached hydrogen (secondary N) is 2. The highest BCUT2D eigenvalue weighted by atomic mass is 19.4. The number of hydrogen-bond donors (Lipinski definition) is 2. The van der Waals surface area contributed by atoms with Gasteiger partial charge in [-0.1, -0.05) is 13.8 Å². The van der Waals surface area contributed by atoms with Crippen molar-refractivity contribution in [3.63, 3.8) is 0 Å². The molecule has 1 aliphatic heterocycles. The van der Waals surface area contributed by atoms with E-state index in [9.17, 15) is 31.1 Å². The molecule has 0 bridgehead atoms. The van der Waals surface area contributed by atoms with Crippen molar-refractivity contribution in [1.82, 2.24) is 10.6 Å². The van der Waals surface area contributed by atoms with Crippen LogP contribution in [0.15, 0.2) is 18.2 Å². The average molecular weight is 495 g/mol. The Morgan fingerprint density at radius 1 is 1.03 bits per heavy atom. The number of hydrogen-bond acceptors (Lipinski definition) is 3. The smallest absolute Gasteiger partial charge is 0.381 e. The van der Waals surface area contributed by atoms with Gasteiger partial charge in [0.25, 0.3) is 0 Å². The van der Waals surface area contributed by atoms with Gasteiger partial charge in [-0.15, -0.1) is 0 Å². The summed E-state index contributed by atoms with van der Waals surface area (Å²) in [4.78, 5) is 13.3. The molecule has 0 radical (unpaired) electrons. The van der Waals surface area contributed by atoms with Crippen LogP contribution >= 0.6 is 0 Å². The first-order chi connectivity index (χ1) is 15.6. The zero-order chi connectivity index (χ0) is 25.4. The number of rotatable bonds is 6. The molecule has 3 rings (SSSR count). The summed E-state index contributed by atoms with van der Waals surface area (Å²) in [7, 11) is 0. The Bertz CT molecular complexity index is 845. The molecule has 1 aliphatic carbocycles. The first-order valence-corrected chi connectivity index (χ1v) is 11.6. The predicted molar refractivity (Wildman–Crippen MR) is 115 cm³/mol. The second kappa shape index (κ2) is 9.68. The Balaban J connectivity index is 1.73. The summed E-state index contributed by atoms with van der Waals surface area (Å²) in [5.41, 5.74) is -3.84. The van der Waals surface area contributed by atoms with Crippen molar-refractivity contribution in [1.29, 1.82) is 0 Å². The topological polar surface area (TPSA) is 50.4 Å². The number of amides is 1. The summed E-state index contributed by atoms with van der Waals surface area (Å²) < 4.78 is 84.3. The fraction of sp³-hybridized carbons (Fsp3) is 0.708. The molecule has 192 valence electrons. The van der Waals surface area contributed by atoms with Crippen molar-refractivity contribution in [2.75, 3.05) is 13.2 Å². The van der Waals surface area contributed by atoms with Crippen LogP contribution in [-0.4, -0.2) is 30.7 Å². The number of carbonyl (C=O) groups is 1. The highest BCUT2D eigenvalue weighted by Crippen LogP contribution is 2.45. The molecule has 4 nitrogen and oxygen atoms in total. The molecule has 0 aromatic heterocycles. The second-order valence-electron chi connectivity index (χ2n) is 10.2. The monoisotopic (exact) mass is 494 g/mol. The lowest BCUT2D eigenvalue weighted by molar-refractivity contribution is -0.143. The van der Waals surface area contributed by atoms with Crippen LogP contribution in [0.1, 0.15) is 69.6 Å². The van der Waals surface area contributed by atoms with E-state index < -0.39 is 35.4 Å². The van der Waals surface area contributed by atoms with Crippen molar-refractivity contribution in [2.24, 2.45) is 11.3 Å². The lowest BCUT2D eigenvalue weighted by atomic mass is 9.74. The van der Waals surface area contributed by atoms with Crippen molar-refractivity contribution in [3.8, 4) is 0 Å². The standard InChI is InChI=1S/C24H32F6N2O2/c1-15(2)22(5-4-19(13-22)32-21(3)6-8-34-9-7-21)20(33)31-14-16-10-17(23(25,26)27)12-18(11-16)24(28,29)30/h10-12,15,19,32H,4-9,13-14H2,1-3H3,(H,31,33). The molecule has 1 saturated heterocycles. The first kappa shape index (κ1) is 26.8. The third kappa shape index (κ3) is 6.05. The zero-order valence-electron chi connectivity index (χ0n) is 19.6. The van der Waals surface area contributed by atoms with Crippen molar-refractivity contribution in [3.05, 3.63) is 34.9 Å². The molecule has 34 heavy (non-hydrogen) atoms. The van der Waals surface area contributed by atoms with E-state index in [0.717, 1.165) is 19.3 Å². The van der Waals surface area contributed by atoms with Crippen molar-refractivity contribution in [2.45, 2.75) is 83.4 Å². The van der Waals surface area contributed by atoms with E-state index in [-0.39, 0.29) is 35.0 Å². The fourth-order valence-corrected chi connectivity index (χ4v) is 5.13. The summed E-state index contributed by atoms with van der Waals surface area (Å²) in [6.07, 6.45) is -6.21. The number of alkyl halides is 6. The molecule has 10 heteroatoms. The van der Waals surface area contributed by atoms with Crippen LogP contribution in [0.5, 0.6) is 0 Å². The van der Waals surface area contributed by atoms with Crippen molar-refractivity contribution < 1.29 is 35.9 Å². The molecule has 2 unspecified atom stereocenters. The highest BCUT2D eigenvalue weighted by Gasteiger charge is 2.48. The minimum atomic E-state index is -4.93. The summed E-state index contributed by atoms with van der Waals surface area (Å²) in [5, 5.41) is 6.30. The number of halogens is 6. The minimum absolute atomic E-state index is 0.0472. The van der Waals surface area contributed by atoms with Crippen LogP contribution in [0.25, 0.3) is 0 Å². The van der Waals surface area contributed by atoms with E-state index in [0.29, 0.717) is 38.2 Å². The maximum Gasteiger partial charge on any atom is 0.416 e. The second-order valence-corrected chi connectivity index (χ2v) is 10.2. The number of ether oxygens (including phenoxy) is 1. The Hall–Kier alpha value is -1.81. The van der Waals surface area contributed by atoms with Gasteiger partial charge in [-0.3, -0.25) is 4.79 Å².